The predicted molar refractivity (Wildman–Crippen MR) is 153 cm³/mol. The van der Waals surface area contributed by atoms with E-state index in [9.17, 15) is 14.7 Å². The molecule has 1 aliphatic carbocycles. The number of anilines is 1. The third-order valence-corrected chi connectivity index (χ3v) is 8.48. The molecule has 3 aromatic carbocycles. The molecule has 3 aliphatic rings. The van der Waals surface area contributed by atoms with Crippen LogP contribution in [0.3, 0.4) is 0 Å². The van der Waals surface area contributed by atoms with Gasteiger partial charge in [0.25, 0.3) is 0 Å². The van der Waals surface area contributed by atoms with Gasteiger partial charge in [0.15, 0.2) is 0 Å². The van der Waals surface area contributed by atoms with Gasteiger partial charge in [0.05, 0.1) is 30.2 Å². The number of hydrogen-bond donors (Lipinski definition) is 1. The summed E-state index contributed by atoms with van der Waals surface area (Å²) in [5, 5.41) is 9.98. The van der Waals surface area contributed by atoms with Crippen LogP contribution in [0.15, 0.2) is 96.1 Å². The topological polar surface area (TPSA) is 66.8 Å². The van der Waals surface area contributed by atoms with Gasteiger partial charge in [-0.15, -0.1) is 0 Å². The van der Waals surface area contributed by atoms with E-state index < -0.39 is 0 Å². The molecule has 0 saturated carbocycles. The Bertz CT molecular complexity index is 1440. The number of carbonyl (C=O) groups excluding carboxylic acids is 2. The fraction of sp³-hybridized carbons (Fsp3) is 0.294. The molecular formula is C34H33NO4. The Morgan fingerprint density at radius 3 is 2.41 bits per heavy atom. The van der Waals surface area contributed by atoms with Crippen LogP contribution in [-0.4, -0.2) is 29.6 Å². The number of phenols is 1. The Hall–Kier alpha value is -3.96. The highest BCUT2D eigenvalue weighted by Gasteiger charge is 2.57. The number of para-hydroxylation sites is 1. The molecule has 2 fully saturated rings. The van der Waals surface area contributed by atoms with E-state index in [1.165, 1.54) is 21.6 Å². The van der Waals surface area contributed by atoms with Crippen LogP contribution in [0.1, 0.15) is 43.7 Å². The van der Waals surface area contributed by atoms with Gasteiger partial charge < -0.3 is 9.84 Å². The average molecular weight is 520 g/mol. The van der Waals surface area contributed by atoms with E-state index in [4.69, 9.17) is 4.74 Å². The molecule has 0 radical (unpaired) electrons. The second-order valence-corrected chi connectivity index (χ2v) is 10.7. The lowest BCUT2D eigenvalue weighted by Gasteiger charge is -2.31. The summed E-state index contributed by atoms with van der Waals surface area (Å²) in [5.41, 5.74) is 6.44. The van der Waals surface area contributed by atoms with Crippen LogP contribution >= 0.6 is 0 Å². The van der Waals surface area contributed by atoms with E-state index in [2.05, 4.69) is 25.1 Å². The lowest BCUT2D eigenvalue weighted by atomic mass is 9.69. The van der Waals surface area contributed by atoms with Crippen LogP contribution in [0.25, 0.3) is 11.6 Å². The van der Waals surface area contributed by atoms with Gasteiger partial charge in [-0.25, -0.2) is 0 Å². The molecular weight excluding hydrogens is 486 g/mol. The van der Waals surface area contributed by atoms with Crippen molar-refractivity contribution in [3.05, 3.63) is 107 Å². The molecule has 2 aliphatic heterocycles. The zero-order valence-electron chi connectivity index (χ0n) is 22.1. The molecule has 0 aromatic heterocycles. The zero-order chi connectivity index (χ0) is 26.9. The summed E-state index contributed by atoms with van der Waals surface area (Å²) >= 11 is 0. The van der Waals surface area contributed by atoms with Crippen molar-refractivity contribution >= 4 is 29.2 Å². The number of nitrogens with zero attached hydrogens (tertiary/aromatic N) is 1. The van der Waals surface area contributed by atoms with Crippen LogP contribution in [0.5, 0.6) is 5.75 Å². The second kappa shape index (κ2) is 10.7. The molecule has 5 heteroatoms. The maximum Gasteiger partial charge on any atom is 0.238 e. The number of allylic oxidation sites excluding steroid dienone is 2. The van der Waals surface area contributed by atoms with Crippen molar-refractivity contribution in [2.75, 3.05) is 11.5 Å². The number of ether oxygens (including phenoxy) is 1. The van der Waals surface area contributed by atoms with Crippen molar-refractivity contribution in [3.63, 3.8) is 0 Å². The fourth-order valence-corrected chi connectivity index (χ4v) is 6.70. The van der Waals surface area contributed by atoms with Gasteiger partial charge in [0, 0.05) is 5.92 Å². The minimum atomic E-state index is -0.357. The van der Waals surface area contributed by atoms with Gasteiger partial charge in [-0.05, 0) is 72.2 Å². The third kappa shape index (κ3) is 4.72. The summed E-state index contributed by atoms with van der Waals surface area (Å²) in [7, 11) is 0. The third-order valence-electron chi connectivity index (χ3n) is 8.48. The number of rotatable bonds is 7. The molecule has 2 amide bonds. The Morgan fingerprint density at radius 1 is 0.949 bits per heavy atom. The molecule has 1 N–H and O–H groups in total. The number of hydrogen-bond acceptors (Lipinski definition) is 4. The molecule has 0 bridgehead atoms. The number of amides is 2. The molecule has 3 aromatic rings. The largest absolute Gasteiger partial charge is 0.508 e. The number of imide groups is 1. The van der Waals surface area contributed by atoms with Gasteiger partial charge in [0.1, 0.15) is 5.75 Å². The normalized spacial score (nSPS) is 24.7. The Kier molecular flexibility index (Phi) is 6.92. The number of phenolic OH excluding ortho intramolecular Hbond substituents is 1. The summed E-state index contributed by atoms with van der Waals surface area (Å²) in [5.74, 6) is -0.646. The van der Waals surface area contributed by atoms with E-state index in [-0.39, 0.29) is 41.4 Å². The maximum absolute atomic E-state index is 13.7. The van der Waals surface area contributed by atoms with Crippen molar-refractivity contribution in [1.82, 2.24) is 0 Å². The van der Waals surface area contributed by atoms with Crippen LogP contribution in [0, 0.1) is 17.8 Å². The monoisotopic (exact) mass is 519 g/mol. The van der Waals surface area contributed by atoms with E-state index in [1.54, 1.807) is 12.1 Å². The number of carbonyl (C=O) groups is 2. The first-order valence-corrected chi connectivity index (χ1v) is 13.9. The zero-order valence-corrected chi connectivity index (χ0v) is 22.1. The minimum absolute atomic E-state index is 0.0518. The summed E-state index contributed by atoms with van der Waals surface area (Å²) in [6.07, 6.45) is 5.11. The van der Waals surface area contributed by atoms with Crippen molar-refractivity contribution < 1.29 is 19.4 Å². The van der Waals surface area contributed by atoms with E-state index in [0.29, 0.717) is 18.7 Å². The van der Waals surface area contributed by atoms with Crippen LogP contribution in [0.4, 0.5) is 5.69 Å². The minimum Gasteiger partial charge on any atom is -0.508 e. The summed E-state index contributed by atoms with van der Waals surface area (Å²) < 4.78 is 6.41. The quantitative estimate of drug-likeness (QED) is 0.216. The second-order valence-electron chi connectivity index (χ2n) is 10.7. The highest BCUT2D eigenvalue weighted by molar-refractivity contribution is 6.22. The van der Waals surface area contributed by atoms with Crippen LogP contribution in [-0.2, 0) is 14.3 Å². The number of fused-ring (bicyclic) bond motifs is 3. The molecule has 5 nitrogen and oxygen atoms in total. The maximum atomic E-state index is 13.7. The van der Waals surface area contributed by atoms with Crippen molar-refractivity contribution in [1.29, 1.82) is 0 Å². The first kappa shape index (κ1) is 25.3. The summed E-state index contributed by atoms with van der Waals surface area (Å²) in [6, 6.07) is 26.9. The Balaban J connectivity index is 1.27. The van der Waals surface area contributed by atoms with Crippen LogP contribution in [0.2, 0.25) is 0 Å². The van der Waals surface area contributed by atoms with Crippen molar-refractivity contribution in [3.8, 4) is 5.75 Å². The highest BCUT2D eigenvalue weighted by Crippen LogP contribution is 2.51. The first-order valence-electron chi connectivity index (χ1n) is 13.9. The number of aromatic hydroxyl groups is 1. The summed E-state index contributed by atoms with van der Waals surface area (Å²) in [4.78, 5) is 28.5. The van der Waals surface area contributed by atoms with E-state index in [1.807, 2.05) is 60.7 Å². The fourth-order valence-electron chi connectivity index (χ4n) is 6.70. The molecule has 0 spiro atoms. The molecule has 4 atom stereocenters. The van der Waals surface area contributed by atoms with E-state index >= 15 is 0 Å². The molecule has 198 valence electrons. The summed E-state index contributed by atoms with van der Waals surface area (Å²) in [6.45, 7) is 2.62. The van der Waals surface area contributed by atoms with Crippen molar-refractivity contribution in [2.24, 2.45) is 17.8 Å². The molecule has 6 rings (SSSR count). The molecule has 2 heterocycles. The van der Waals surface area contributed by atoms with Gasteiger partial charge in [-0.2, -0.15) is 0 Å². The first-order chi connectivity index (χ1) is 19.0. The van der Waals surface area contributed by atoms with E-state index in [0.717, 1.165) is 30.4 Å². The lowest BCUT2D eigenvalue weighted by Crippen LogP contribution is -2.34. The SMILES string of the molecule is CCC1=C2[C@@H](CC/C(=C/c3cccc(O)c3)c3ccccc3)OC[C@@H]2[C@@H]2C(=O)N(c3ccccc3)C(=O)[C@@H]2C1. The van der Waals surface area contributed by atoms with Gasteiger partial charge in [0.2, 0.25) is 11.8 Å². The number of benzene rings is 3. The standard InChI is InChI=1S/C34H33NO4/c1-2-23-20-28-32(34(38)35(33(28)37)26-13-7-4-8-14-26)29-21-39-30(31(23)29)17-16-25(24-11-5-3-6-12-24)18-22-10-9-15-27(36)19-22/h3-15,18-19,28-30,32,36H,2,16-17,20-21H2,1H3/b25-18-/t28-,29+,30-,32-/m1/s1. The molecule has 0 unspecified atom stereocenters. The van der Waals surface area contributed by atoms with Gasteiger partial charge in [-0.1, -0.05) is 79.2 Å². The van der Waals surface area contributed by atoms with Gasteiger partial charge >= 0.3 is 0 Å². The molecule has 39 heavy (non-hydrogen) atoms. The van der Waals surface area contributed by atoms with Crippen LogP contribution < -0.4 is 4.90 Å². The molecule has 2 saturated heterocycles. The highest BCUT2D eigenvalue weighted by atomic mass is 16.5. The Labute approximate surface area is 229 Å². The van der Waals surface area contributed by atoms with Gasteiger partial charge in [-0.3, -0.25) is 14.5 Å². The lowest BCUT2D eigenvalue weighted by molar-refractivity contribution is -0.122. The predicted octanol–water partition coefficient (Wildman–Crippen LogP) is 6.64. The Morgan fingerprint density at radius 2 is 1.69 bits per heavy atom. The smallest absolute Gasteiger partial charge is 0.238 e. The van der Waals surface area contributed by atoms with Crippen molar-refractivity contribution in [2.45, 2.75) is 38.7 Å². The average Bonchev–Trinajstić information content (AvgIpc) is 3.49.